The number of nitrogens with one attached hydrogen (secondary N) is 1. The summed E-state index contributed by atoms with van der Waals surface area (Å²) in [5.41, 5.74) is 5.53. The molecule has 1 aromatic carbocycles. The number of nitrogens with two attached hydrogens (primary N) is 1. The average Bonchev–Trinajstić information content (AvgIpc) is 2.36. The monoisotopic (exact) mass is 250 g/mol. The molecule has 0 saturated carbocycles. The molecule has 0 aliphatic rings. The Morgan fingerprint density at radius 2 is 1.94 bits per heavy atom. The summed E-state index contributed by atoms with van der Waals surface area (Å²) in [7, 11) is 0. The molecule has 0 heterocycles. The van der Waals surface area contributed by atoms with E-state index in [1.54, 1.807) is 31.2 Å². The van der Waals surface area contributed by atoms with Crippen LogP contribution in [0.15, 0.2) is 24.3 Å². The van der Waals surface area contributed by atoms with Gasteiger partial charge in [0.15, 0.2) is 6.10 Å². The van der Waals surface area contributed by atoms with Gasteiger partial charge < -0.3 is 15.8 Å². The summed E-state index contributed by atoms with van der Waals surface area (Å²) in [6.07, 6.45) is 0.308. The standard InChI is InChI=1S/C13H18N2O3/c1-3-8-15-13(17)9(2)18-11-6-4-10(5-7-11)12(14)16/h4-7,9H,3,8H2,1-2H3,(H2,14,16)(H,15,17)/t9-/m1/s1. The number of carbonyl (C=O) groups is 2. The van der Waals surface area contributed by atoms with Crippen LogP contribution in [0.4, 0.5) is 0 Å². The van der Waals surface area contributed by atoms with Crippen LogP contribution in [0.5, 0.6) is 5.75 Å². The lowest BCUT2D eigenvalue weighted by molar-refractivity contribution is -0.127. The number of carbonyl (C=O) groups excluding carboxylic acids is 2. The van der Waals surface area contributed by atoms with Crippen LogP contribution in [-0.2, 0) is 4.79 Å². The molecule has 1 aromatic rings. The minimum absolute atomic E-state index is 0.157. The third-order valence-corrected chi connectivity index (χ3v) is 2.37. The molecular formula is C13H18N2O3. The van der Waals surface area contributed by atoms with Crippen LogP contribution < -0.4 is 15.8 Å². The van der Waals surface area contributed by atoms with Crippen LogP contribution in [0.2, 0.25) is 0 Å². The molecule has 0 fully saturated rings. The molecule has 0 spiro atoms. The second-order valence-electron chi connectivity index (χ2n) is 3.94. The molecule has 0 radical (unpaired) electrons. The van der Waals surface area contributed by atoms with Crippen molar-refractivity contribution in [2.75, 3.05) is 6.54 Å². The van der Waals surface area contributed by atoms with E-state index in [1.165, 1.54) is 0 Å². The van der Waals surface area contributed by atoms with E-state index >= 15 is 0 Å². The van der Waals surface area contributed by atoms with Gasteiger partial charge in [0.1, 0.15) is 5.75 Å². The van der Waals surface area contributed by atoms with E-state index in [1.807, 2.05) is 6.92 Å². The minimum Gasteiger partial charge on any atom is -0.481 e. The molecule has 0 bridgehead atoms. The fraction of sp³-hybridized carbons (Fsp3) is 0.385. The van der Waals surface area contributed by atoms with Gasteiger partial charge in [-0.2, -0.15) is 0 Å². The van der Waals surface area contributed by atoms with Gasteiger partial charge in [-0.15, -0.1) is 0 Å². The lowest BCUT2D eigenvalue weighted by Gasteiger charge is -2.14. The Morgan fingerprint density at radius 1 is 1.33 bits per heavy atom. The first kappa shape index (κ1) is 14.0. The summed E-state index contributed by atoms with van der Waals surface area (Å²) in [6, 6.07) is 6.36. The highest BCUT2D eigenvalue weighted by molar-refractivity contribution is 5.92. The zero-order valence-corrected chi connectivity index (χ0v) is 10.6. The molecule has 18 heavy (non-hydrogen) atoms. The Balaban J connectivity index is 2.56. The molecule has 5 heteroatoms. The maximum Gasteiger partial charge on any atom is 0.260 e. The summed E-state index contributed by atoms with van der Waals surface area (Å²) >= 11 is 0. The van der Waals surface area contributed by atoms with Crippen molar-refractivity contribution in [1.82, 2.24) is 5.32 Å². The number of hydrogen-bond acceptors (Lipinski definition) is 3. The first-order chi connectivity index (χ1) is 8.54. The number of benzene rings is 1. The normalized spacial score (nSPS) is 11.7. The van der Waals surface area contributed by atoms with Gasteiger partial charge in [-0.1, -0.05) is 6.92 Å². The third kappa shape index (κ3) is 4.08. The van der Waals surface area contributed by atoms with E-state index < -0.39 is 12.0 Å². The molecule has 98 valence electrons. The van der Waals surface area contributed by atoms with Crippen LogP contribution in [0, 0.1) is 0 Å². The van der Waals surface area contributed by atoms with Crippen LogP contribution in [0.1, 0.15) is 30.6 Å². The molecule has 1 rings (SSSR count). The van der Waals surface area contributed by atoms with Gasteiger partial charge in [-0.3, -0.25) is 9.59 Å². The van der Waals surface area contributed by atoms with Crippen molar-refractivity contribution in [2.24, 2.45) is 5.73 Å². The van der Waals surface area contributed by atoms with Gasteiger partial charge in [-0.25, -0.2) is 0 Å². The van der Waals surface area contributed by atoms with Crippen molar-refractivity contribution >= 4 is 11.8 Å². The van der Waals surface area contributed by atoms with Crippen molar-refractivity contribution in [2.45, 2.75) is 26.4 Å². The largest absolute Gasteiger partial charge is 0.481 e. The number of primary amides is 1. The Bertz CT molecular complexity index is 415. The fourth-order valence-electron chi connectivity index (χ4n) is 1.35. The maximum absolute atomic E-state index is 11.6. The second kappa shape index (κ2) is 6.64. The van der Waals surface area contributed by atoms with Crippen molar-refractivity contribution in [3.8, 4) is 5.75 Å². The van der Waals surface area contributed by atoms with Crippen LogP contribution in [0.25, 0.3) is 0 Å². The third-order valence-electron chi connectivity index (χ3n) is 2.37. The summed E-state index contributed by atoms with van der Waals surface area (Å²) in [5.74, 6) is -0.120. The van der Waals surface area contributed by atoms with Crippen LogP contribution in [0.3, 0.4) is 0 Å². The lowest BCUT2D eigenvalue weighted by atomic mass is 10.2. The summed E-state index contributed by atoms with van der Waals surface area (Å²) < 4.78 is 5.44. The van der Waals surface area contributed by atoms with Gasteiger partial charge >= 0.3 is 0 Å². The topological polar surface area (TPSA) is 81.4 Å². The average molecular weight is 250 g/mol. The molecule has 5 nitrogen and oxygen atoms in total. The van der Waals surface area contributed by atoms with Gasteiger partial charge in [-0.05, 0) is 37.6 Å². The highest BCUT2D eigenvalue weighted by atomic mass is 16.5. The minimum atomic E-state index is -0.573. The summed E-state index contributed by atoms with van der Waals surface area (Å²) in [5, 5.41) is 2.74. The van der Waals surface area contributed by atoms with E-state index in [2.05, 4.69) is 5.32 Å². The fourth-order valence-corrected chi connectivity index (χ4v) is 1.35. The Morgan fingerprint density at radius 3 is 2.44 bits per heavy atom. The van der Waals surface area contributed by atoms with Gasteiger partial charge in [0, 0.05) is 12.1 Å². The van der Waals surface area contributed by atoms with E-state index in [4.69, 9.17) is 10.5 Å². The predicted octanol–water partition coefficient (Wildman–Crippen LogP) is 1.08. The molecule has 1 atom stereocenters. The van der Waals surface area contributed by atoms with E-state index in [9.17, 15) is 9.59 Å². The summed E-state index contributed by atoms with van der Waals surface area (Å²) in [4.78, 5) is 22.4. The highest BCUT2D eigenvalue weighted by Crippen LogP contribution is 2.13. The van der Waals surface area contributed by atoms with Crippen LogP contribution >= 0.6 is 0 Å². The molecule has 0 aromatic heterocycles. The highest BCUT2D eigenvalue weighted by Gasteiger charge is 2.13. The molecule has 0 aliphatic heterocycles. The Hall–Kier alpha value is -2.04. The Kier molecular flexibility index (Phi) is 5.17. The summed E-state index contributed by atoms with van der Waals surface area (Å²) in [6.45, 7) is 4.29. The first-order valence-corrected chi connectivity index (χ1v) is 5.88. The smallest absolute Gasteiger partial charge is 0.260 e. The lowest BCUT2D eigenvalue weighted by Crippen LogP contribution is -2.36. The van der Waals surface area contributed by atoms with Gasteiger partial charge in [0.2, 0.25) is 5.91 Å². The van der Waals surface area contributed by atoms with Crippen LogP contribution in [-0.4, -0.2) is 24.5 Å². The second-order valence-corrected chi connectivity index (χ2v) is 3.94. The molecule has 2 amide bonds. The zero-order valence-electron chi connectivity index (χ0n) is 10.6. The van der Waals surface area contributed by atoms with Crippen molar-refractivity contribution < 1.29 is 14.3 Å². The zero-order chi connectivity index (χ0) is 13.5. The first-order valence-electron chi connectivity index (χ1n) is 5.88. The van der Waals surface area contributed by atoms with E-state index in [-0.39, 0.29) is 5.91 Å². The van der Waals surface area contributed by atoms with Crippen molar-refractivity contribution in [3.63, 3.8) is 0 Å². The van der Waals surface area contributed by atoms with Gasteiger partial charge in [0.05, 0.1) is 0 Å². The maximum atomic E-state index is 11.6. The predicted molar refractivity (Wildman–Crippen MR) is 68.4 cm³/mol. The molecule has 0 aliphatic carbocycles. The SMILES string of the molecule is CCCNC(=O)[C@@H](C)Oc1ccc(C(N)=O)cc1. The van der Waals surface area contributed by atoms with E-state index in [0.29, 0.717) is 17.9 Å². The quantitative estimate of drug-likeness (QED) is 0.792. The number of amides is 2. The van der Waals surface area contributed by atoms with Gasteiger partial charge in [0.25, 0.3) is 5.91 Å². The molecule has 0 unspecified atom stereocenters. The molecular weight excluding hydrogens is 232 g/mol. The molecule has 0 saturated heterocycles. The number of hydrogen-bond donors (Lipinski definition) is 2. The molecule has 3 N–H and O–H groups in total. The number of rotatable bonds is 6. The van der Waals surface area contributed by atoms with Crippen molar-refractivity contribution in [3.05, 3.63) is 29.8 Å². The van der Waals surface area contributed by atoms with Crippen molar-refractivity contribution in [1.29, 1.82) is 0 Å². The Labute approximate surface area is 106 Å². The number of ether oxygens (including phenoxy) is 1. The van der Waals surface area contributed by atoms with E-state index in [0.717, 1.165) is 6.42 Å².